The minimum absolute atomic E-state index is 0.111. The Labute approximate surface area is 127 Å². The lowest BCUT2D eigenvalue weighted by Crippen LogP contribution is -2.49. The summed E-state index contributed by atoms with van der Waals surface area (Å²) in [7, 11) is 0. The maximum absolute atomic E-state index is 5.74. The van der Waals surface area contributed by atoms with Gasteiger partial charge in [-0.05, 0) is 25.9 Å². The van der Waals surface area contributed by atoms with Crippen LogP contribution in [0.1, 0.15) is 51.2 Å². The van der Waals surface area contributed by atoms with Crippen LogP contribution in [0.3, 0.4) is 0 Å². The van der Waals surface area contributed by atoms with Crippen LogP contribution in [-0.4, -0.2) is 53.8 Å². The van der Waals surface area contributed by atoms with Crippen LogP contribution in [0.15, 0.2) is 6.20 Å². The Kier molecular flexibility index (Phi) is 4.33. The quantitative estimate of drug-likeness (QED) is 0.873. The molecule has 3 heterocycles. The van der Waals surface area contributed by atoms with Crippen LogP contribution in [0.5, 0.6) is 0 Å². The predicted molar refractivity (Wildman–Crippen MR) is 83.4 cm³/mol. The van der Waals surface area contributed by atoms with Crippen LogP contribution in [0.2, 0.25) is 0 Å². The maximum atomic E-state index is 5.74. The van der Waals surface area contributed by atoms with E-state index in [1.54, 1.807) is 0 Å². The molecule has 21 heavy (non-hydrogen) atoms. The van der Waals surface area contributed by atoms with Crippen molar-refractivity contribution in [3.8, 4) is 0 Å². The molecule has 1 atom stereocenters. The van der Waals surface area contributed by atoms with E-state index < -0.39 is 0 Å². The van der Waals surface area contributed by atoms with Crippen LogP contribution in [0.4, 0.5) is 0 Å². The topological polar surface area (TPSA) is 53.2 Å². The normalized spacial score (nSPS) is 26.1. The summed E-state index contributed by atoms with van der Waals surface area (Å²) in [5, 5.41) is 3.45. The molecule has 2 saturated heterocycles. The van der Waals surface area contributed by atoms with Crippen LogP contribution in [0.25, 0.3) is 0 Å². The number of rotatable bonds is 2. The molecule has 3 rings (SSSR count). The van der Waals surface area contributed by atoms with Gasteiger partial charge in [0.25, 0.3) is 0 Å². The number of piperidine rings is 1. The molecule has 2 aliphatic rings. The van der Waals surface area contributed by atoms with E-state index in [4.69, 9.17) is 4.74 Å². The van der Waals surface area contributed by atoms with Crippen molar-refractivity contribution in [3.63, 3.8) is 0 Å². The first-order valence-corrected chi connectivity index (χ1v) is 8.15. The largest absolute Gasteiger partial charge is 0.378 e. The van der Waals surface area contributed by atoms with E-state index >= 15 is 0 Å². The van der Waals surface area contributed by atoms with Crippen LogP contribution >= 0.6 is 0 Å². The number of morpholine rings is 1. The molecular weight excluding hydrogens is 264 g/mol. The summed E-state index contributed by atoms with van der Waals surface area (Å²) < 4.78 is 5.74. The average molecular weight is 292 g/mol. The number of H-pyrrole nitrogens is 1. The third kappa shape index (κ3) is 3.30. The summed E-state index contributed by atoms with van der Waals surface area (Å²) in [5.74, 6) is 1.07. The van der Waals surface area contributed by atoms with Crippen molar-refractivity contribution >= 4 is 0 Å². The maximum Gasteiger partial charge on any atom is 0.126 e. The second-order valence-electron chi connectivity index (χ2n) is 7.24. The third-order valence-electron chi connectivity index (χ3n) is 4.67. The van der Waals surface area contributed by atoms with E-state index in [9.17, 15) is 0 Å². The van der Waals surface area contributed by atoms with Crippen LogP contribution in [-0.2, 0) is 10.2 Å². The van der Waals surface area contributed by atoms with Crippen molar-refractivity contribution in [1.29, 1.82) is 0 Å². The lowest BCUT2D eigenvalue weighted by Gasteiger charge is -2.41. The molecule has 5 nitrogen and oxygen atoms in total. The zero-order valence-corrected chi connectivity index (χ0v) is 13.5. The van der Waals surface area contributed by atoms with Crippen molar-refractivity contribution in [3.05, 3.63) is 17.7 Å². The van der Waals surface area contributed by atoms with Crippen molar-refractivity contribution in [2.75, 3.05) is 32.8 Å². The summed E-state index contributed by atoms with van der Waals surface area (Å²) in [4.78, 5) is 10.8. The molecule has 0 aromatic carbocycles. The SMILES string of the molecule is CC(C)(C)c1cnc([C@@H]2COCCN2C2CCNCC2)[nH]1. The Hall–Kier alpha value is -0.910. The zero-order chi connectivity index (χ0) is 14.9. The Balaban J connectivity index is 1.78. The Bertz CT molecular complexity index is 459. The van der Waals surface area contributed by atoms with E-state index in [1.807, 2.05) is 6.20 Å². The van der Waals surface area contributed by atoms with Gasteiger partial charge in [0.05, 0.1) is 19.3 Å². The number of hydrogen-bond acceptors (Lipinski definition) is 4. The standard InChI is InChI=1S/C16H28N4O/c1-16(2,3)14-10-18-15(19-14)13-11-21-9-8-20(13)12-4-6-17-7-5-12/h10,12-13,17H,4-9,11H2,1-3H3,(H,18,19)/t13-/m0/s1. The zero-order valence-electron chi connectivity index (χ0n) is 13.5. The van der Waals surface area contributed by atoms with Crippen LogP contribution in [0, 0.1) is 0 Å². The summed E-state index contributed by atoms with van der Waals surface area (Å²) in [6.45, 7) is 11.5. The van der Waals surface area contributed by atoms with Crippen molar-refractivity contribution < 1.29 is 4.74 Å². The lowest BCUT2D eigenvalue weighted by atomic mass is 9.93. The van der Waals surface area contributed by atoms with Gasteiger partial charge in [-0.1, -0.05) is 20.8 Å². The van der Waals surface area contributed by atoms with E-state index in [-0.39, 0.29) is 11.5 Å². The molecule has 2 fully saturated rings. The summed E-state index contributed by atoms with van der Waals surface area (Å²) in [6, 6.07) is 0.932. The van der Waals surface area contributed by atoms with Gasteiger partial charge in [0.15, 0.2) is 0 Å². The number of ether oxygens (including phenoxy) is 1. The molecule has 0 bridgehead atoms. The second-order valence-corrected chi connectivity index (χ2v) is 7.24. The average Bonchev–Trinajstić information content (AvgIpc) is 2.98. The smallest absolute Gasteiger partial charge is 0.126 e. The van der Waals surface area contributed by atoms with Gasteiger partial charge in [-0.15, -0.1) is 0 Å². The lowest BCUT2D eigenvalue weighted by molar-refractivity contribution is -0.0387. The summed E-state index contributed by atoms with van der Waals surface area (Å²) in [5.41, 5.74) is 1.31. The van der Waals surface area contributed by atoms with Gasteiger partial charge in [0.1, 0.15) is 5.82 Å². The second kappa shape index (κ2) is 6.07. The van der Waals surface area contributed by atoms with Crippen LogP contribution < -0.4 is 5.32 Å². The molecule has 0 saturated carbocycles. The summed E-state index contributed by atoms with van der Waals surface area (Å²) in [6.07, 6.45) is 4.44. The van der Waals surface area contributed by atoms with Gasteiger partial charge >= 0.3 is 0 Å². The Morgan fingerprint density at radius 1 is 1.29 bits per heavy atom. The molecule has 1 aromatic rings. The highest BCUT2D eigenvalue weighted by atomic mass is 16.5. The minimum atomic E-state index is 0.111. The van der Waals surface area contributed by atoms with Crippen molar-refractivity contribution in [1.82, 2.24) is 20.2 Å². The fourth-order valence-electron chi connectivity index (χ4n) is 3.31. The van der Waals surface area contributed by atoms with Gasteiger partial charge in [0, 0.05) is 29.9 Å². The number of nitrogens with zero attached hydrogens (tertiary/aromatic N) is 2. The highest BCUT2D eigenvalue weighted by molar-refractivity contribution is 5.14. The van der Waals surface area contributed by atoms with Crippen molar-refractivity contribution in [2.45, 2.75) is 51.1 Å². The number of hydrogen-bond donors (Lipinski definition) is 2. The first kappa shape index (κ1) is 15.0. The number of imidazole rings is 1. The number of nitrogens with one attached hydrogen (secondary N) is 2. The molecule has 5 heteroatoms. The number of aromatic amines is 1. The van der Waals surface area contributed by atoms with Crippen molar-refractivity contribution in [2.24, 2.45) is 0 Å². The molecule has 2 aliphatic heterocycles. The number of aromatic nitrogens is 2. The first-order chi connectivity index (χ1) is 10.1. The van der Waals surface area contributed by atoms with E-state index in [2.05, 4.69) is 41.0 Å². The third-order valence-corrected chi connectivity index (χ3v) is 4.67. The monoisotopic (exact) mass is 292 g/mol. The van der Waals surface area contributed by atoms with Gasteiger partial charge in [-0.25, -0.2) is 4.98 Å². The van der Waals surface area contributed by atoms with Gasteiger partial charge in [-0.2, -0.15) is 0 Å². The Morgan fingerprint density at radius 2 is 2.05 bits per heavy atom. The molecule has 0 unspecified atom stereocenters. The highest BCUT2D eigenvalue weighted by Crippen LogP contribution is 2.29. The first-order valence-electron chi connectivity index (χ1n) is 8.15. The van der Waals surface area contributed by atoms with Gasteiger partial charge in [-0.3, -0.25) is 4.90 Å². The molecule has 1 aromatic heterocycles. The van der Waals surface area contributed by atoms with E-state index in [0.29, 0.717) is 6.04 Å². The fraction of sp³-hybridized carbons (Fsp3) is 0.812. The minimum Gasteiger partial charge on any atom is -0.378 e. The fourth-order valence-corrected chi connectivity index (χ4v) is 3.31. The molecule has 118 valence electrons. The molecule has 2 N–H and O–H groups in total. The van der Waals surface area contributed by atoms with Gasteiger partial charge < -0.3 is 15.0 Å². The molecule has 0 amide bonds. The predicted octanol–water partition coefficient (Wildman–Crippen LogP) is 1.83. The van der Waals surface area contributed by atoms with E-state index in [1.165, 1.54) is 18.5 Å². The van der Waals surface area contributed by atoms with Gasteiger partial charge in [0.2, 0.25) is 0 Å². The Morgan fingerprint density at radius 3 is 2.71 bits per heavy atom. The molecule has 0 radical (unpaired) electrons. The van der Waals surface area contributed by atoms with E-state index in [0.717, 1.165) is 38.7 Å². The highest BCUT2D eigenvalue weighted by Gasteiger charge is 2.33. The molecular formula is C16H28N4O. The molecule has 0 aliphatic carbocycles. The molecule has 0 spiro atoms. The summed E-state index contributed by atoms with van der Waals surface area (Å²) >= 11 is 0.